The van der Waals surface area contributed by atoms with Gasteiger partial charge in [0.1, 0.15) is 0 Å². The third-order valence-electron chi connectivity index (χ3n) is 2.21. The molecule has 80 valence electrons. The predicted octanol–water partition coefficient (Wildman–Crippen LogP) is 3.18. The molecule has 0 fully saturated rings. The lowest BCUT2D eigenvalue weighted by molar-refractivity contribution is -0.140. The normalized spacial score (nSPS) is 11.9. The molecular formula is C13H16O2. The maximum atomic E-state index is 11.6. The van der Waals surface area contributed by atoms with E-state index >= 15 is 0 Å². The van der Waals surface area contributed by atoms with Crippen LogP contribution in [0.5, 0.6) is 0 Å². The molecule has 0 heterocycles. The largest absolute Gasteiger partial charge is 0.432 e. The number of benzene rings is 1. The molecule has 0 spiro atoms. The summed E-state index contributed by atoms with van der Waals surface area (Å²) >= 11 is 0. The topological polar surface area (TPSA) is 26.3 Å². The molecule has 0 saturated heterocycles. The Morgan fingerprint density at radius 3 is 2.33 bits per heavy atom. The lowest BCUT2D eigenvalue weighted by atomic mass is 10.0. The molecule has 2 nitrogen and oxygen atoms in total. The van der Waals surface area contributed by atoms with Gasteiger partial charge in [0.25, 0.3) is 0 Å². The van der Waals surface area contributed by atoms with E-state index in [1.807, 2.05) is 38.1 Å². The summed E-state index contributed by atoms with van der Waals surface area (Å²) in [6, 6.07) is 7.86. The van der Waals surface area contributed by atoms with Gasteiger partial charge in [-0.15, -0.1) is 0 Å². The van der Waals surface area contributed by atoms with Gasteiger partial charge in [0.2, 0.25) is 0 Å². The van der Waals surface area contributed by atoms with Gasteiger partial charge in [-0.1, -0.05) is 36.4 Å². The SMILES string of the molecule is C=C(C)OC(=O)C(C)c1ccc(C)cc1. The predicted molar refractivity (Wildman–Crippen MR) is 60.5 cm³/mol. The summed E-state index contributed by atoms with van der Waals surface area (Å²) in [6.45, 7) is 9.05. The van der Waals surface area contributed by atoms with Crippen molar-refractivity contribution in [2.24, 2.45) is 0 Å². The molecule has 1 rings (SSSR count). The molecule has 0 amide bonds. The molecule has 1 aromatic carbocycles. The Morgan fingerprint density at radius 1 is 1.33 bits per heavy atom. The zero-order valence-corrected chi connectivity index (χ0v) is 9.41. The van der Waals surface area contributed by atoms with Crippen molar-refractivity contribution in [3.63, 3.8) is 0 Å². The molecular weight excluding hydrogens is 188 g/mol. The van der Waals surface area contributed by atoms with Gasteiger partial charge in [0.15, 0.2) is 0 Å². The second kappa shape index (κ2) is 4.78. The Hall–Kier alpha value is -1.57. The number of allylic oxidation sites excluding steroid dienone is 1. The fraction of sp³-hybridized carbons (Fsp3) is 0.308. The van der Waals surface area contributed by atoms with Crippen LogP contribution in [0.15, 0.2) is 36.6 Å². The van der Waals surface area contributed by atoms with Crippen LogP contribution in [-0.4, -0.2) is 5.97 Å². The van der Waals surface area contributed by atoms with Gasteiger partial charge in [0, 0.05) is 0 Å². The van der Waals surface area contributed by atoms with Gasteiger partial charge in [-0.25, -0.2) is 0 Å². The summed E-state index contributed by atoms with van der Waals surface area (Å²) in [5.41, 5.74) is 2.14. The van der Waals surface area contributed by atoms with E-state index in [9.17, 15) is 4.79 Å². The number of hydrogen-bond donors (Lipinski definition) is 0. The fourth-order valence-electron chi connectivity index (χ4n) is 1.25. The molecule has 0 saturated carbocycles. The van der Waals surface area contributed by atoms with Crippen LogP contribution in [0.25, 0.3) is 0 Å². The smallest absolute Gasteiger partial charge is 0.318 e. The summed E-state index contributed by atoms with van der Waals surface area (Å²) in [6.07, 6.45) is 0. The van der Waals surface area contributed by atoms with Gasteiger partial charge >= 0.3 is 5.97 Å². The van der Waals surface area contributed by atoms with Crippen LogP contribution in [0.1, 0.15) is 30.9 Å². The van der Waals surface area contributed by atoms with Crippen LogP contribution in [0.3, 0.4) is 0 Å². The summed E-state index contributed by atoms with van der Waals surface area (Å²) < 4.78 is 4.96. The highest BCUT2D eigenvalue weighted by molar-refractivity contribution is 5.78. The summed E-state index contributed by atoms with van der Waals surface area (Å²) in [5.74, 6) is -0.0763. The Balaban J connectivity index is 2.76. The van der Waals surface area contributed by atoms with Gasteiger partial charge in [0.05, 0.1) is 11.7 Å². The van der Waals surface area contributed by atoms with E-state index in [4.69, 9.17) is 4.74 Å². The molecule has 15 heavy (non-hydrogen) atoms. The van der Waals surface area contributed by atoms with Gasteiger partial charge in [-0.2, -0.15) is 0 Å². The number of aryl methyl sites for hydroxylation is 1. The van der Waals surface area contributed by atoms with E-state index in [0.29, 0.717) is 5.76 Å². The Kier molecular flexibility index (Phi) is 3.67. The molecule has 0 aliphatic carbocycles. The van der Waals surface area contributed by atoms with Crippen LogP contribution >= 0.6 is 0 Å². The number of ether oxygens (including phenoxy) is 1. The van der Waals surface area contributed by atoms with Crippen LogP contribution in [0.2, 0.25) is 0 Å². The maximum absolute atomic E-state index is 11.6. The van der Waals surface area contributed by atoms with Crippen molar-refractivity contribution in [3.8, 4) is 0 Å². The molecule has 1 atom stereocenters. The highest BCUT2D eigenvalue weighted by Gasteiger charge is 2.16. The van der Waals surface area contributed by atoms with E-state index in [2.05, 4.69) is 6.58 Å². The molecule has 0 aromatic heterocycles. The van der Waals surface area contributed by atoms with Crippen LogP contribution in [-0.2, 0) is 9.53 Å². The van der Waals surface area contributed by atoms with E-state index in [1.165, 1.54) is 5.56 Å². The summed E-state index contributed by atoms with van der Waals surface area (Å²) in [4.78, 5) is 11.6. The average Bonchev–Trinajstić information content (AvgIpc) is 2.17. The zero-order valence-electron chi connectivity index (χ0n) is 9.41. The molecule has 0 radical (unpaired) electrons. The molecule has 0 aliphatic rings. The molecule has 0 N–H and O–H groups in total. The average molecular weight is 204 g/mol. The second-order valence-corrected chi connectivity index (χ2v) is 3.76. The van der Waals surface area contributed by atoms with E-state index in [-0.39, 0.29) is 11.9 Å². The third-order valence-corrected chi connectivity index (χ3v) is 2.21. The minimum Gasteiger partial charge on any atom is -0.432 e. The van der Waals surface area contributed by atoms with Crippen molar-refractivity contribution < 1.29 is 9.53 Å². The first-order valence-corrected chi connectivity index (χ1v) is 4.94. The minimum atomic E-state index is -0.258. The highest BCUT2D eigenvalue weighted by atomic mass is 16.5. The molecule has 0 bridgehead atoms. The van der Waals surface area contributed by atoms with Crippen molar-refractivity contribution in [2.45, 2.75) is 26.7 Å². The monoisotopic (exact) mass is 204 g/mol. The third kappa shape index (κ3) is 3.24. The van der Waals surface area contributed by atoms with Crippen molar-refractivity contribution in [2.75, 3.05) is 0 Å². The van der Waals surface area contributed by atoms with Crippen molar-refractivity contribution in [1.29, 1.82) is 0 Å². The number of carbonyl (C=O) groups is 1. The second-order valence-electron chi connectivity index (χ2n) is 3.76. The van der Waals surface area contributed by atoms with E-state index in [1.54, 1.807) is 6.92 Å². The van der Waals surface area contributed by atoms with E-state index < -0.39 is 0 Å². The quantitative estimate of drug-likeness (QED) is 0.558. The van der Waals surface area contributed by atoms with Crippen LogP contribution in [0.4, 0.5) is 0 Å². The van der Waals surface area contributed by atoms with Crippen molar-refractivity contribution in [1.82, 2.24) is 0 Å². The molecule has 1 unspecified atom stereocenters. The van der Waals surface area contributed by atoms with Gasteiger partial charge in [-0.05, 0) is 26.3 Å². The van der Waals surface area contributed by atoms with Crippen molar-refractivity contribution >= 4 is 5.97 Å². The Bertz CT molecular complexity index is 363. The fourth-order valence-corrected chi connectivity index (χ4v) is 1.25. The lowest BCUT2D eigenvalue weighted by Gasteiger charge is -2.11. The number of rotatable bonds is 3. The zero-order chi connectivity index (χ0) is 11.4. The summed E-state index contributed by atoms with van der Waals surface area (Å²) in [7, 11) is 0. The number of esters is 1. The standard InChI is InChI=1S/C13H16O2/c1-9(2)15-13(14)11(4)12-7-5-10(3)6-8-12/h5-8,11H,1H2,2-4H3. The highest BCUT2D eigenvalue weighted by Crippen LogP contribution is 2.18. The Morgan fingerprint density at radius 2 is 1.87 bits per heavy atom. The number of hydrogen-bond acceptors (Lipinski definition) is 2. The first-order chi connectivity index (χ1) is 7.00. The first kappa shape index (κ1) is 11.5. The molecule has 1 aromatic rings. The van der Waals surface area contributed by atoms with Crippen molar-refractivity contribution in [3.05, 3.63) is 47.7 Å². The summed E-state index contributed by atoms with van der Waals surface area (Å²) in [5, 5.41) is 0. The molecule has 2 heteroatoms. The molecule has 0 aliphatic heterocycles. The van der Waals surface area contributed by atoms with Crippen LogP contribution in [0, 0.1) is 6.92 Å². The number of carbonyl (C=O) groups excluding carboxylic acids is 1. The van der Waals surface area contributed by atoms with Gasteiger partial charge < -0.3 is 4.74 Å². The lowest BCUT2D eigenvalue weighted by Crippen LogP contribution is -2.11. The van der Waals surface area contributed by atoms with E-state index in [0.717, 1.165) is 5.56 Å². The first-order valence-electron chi connectivity index (χ1n) is 4.94. The van der Waals surface area contributed by atoms with Crippen LogP contribution < -0.4 is 0 Å². The minimum absolute atomic E-state index is 0.248. The Labute approximate surface area is 90.6 Å². The van der Waals surface area contributed by atoms with Gasteiger partial charge in [-0.3, -0.25) is 4.79 Å². The maximum Gasteiger partial charge on any atom is 0.318 e.